The van der Waals surface area contributed by atoms with Gasteiger partial charge in [0.15, 0.2) is 0 Å². The van der Waals surface area contributed by atoms with Crippen LogP contribution in [0, 0.1) is 0 Å². The number of nitrogens with one attached hydrogen (secondary N) is 1. The van der Waals surface area contributed by atoms with Crippen LogP contribution in [0.1, 0.15) is 11.1 Å². The van der Waals surface area contributed by atoms with Crippen LogP contribution in [0.3, 0.4) is 0 Å². The summed E-state index contributed by atoms with van der Waals surface area (Å²) in [5.41, 5.74) is 2.15. The number of benzene rings is 2. The SMILES string of the molecule is Cn1nnnc1SCCNCc1cccc(OCc2ccccc2Cl)c1.[Cl-]. The number of tetrazole rings is 1. The van der Waals surface area contributed by atoms with E-state index in [2.05, 4.69) is 26.9 Å². The molecule has 0 aliphatic rings. The highest BCUT2D eigenvalue weighted by molar-refractivity contribution is 7.99. The molecule has 2 aromatic carbocycles. The molecule has 1 aromatic heterocycles. The molecule has 144 valence electrons. The maximum Gasteiger partial charge on any atom is 0.209 e. The Labute approximate surface area is 174 Å². The topological polar surface area (TPSA) is 64.9 Å². The standard InChI is InChI=1S/C18H20ClN5OS.ClH/c1-24-18(21-22-23-24)26-10-9-20-12-14-5-4-7-16(11-14)25-13-15-6-2-3-8-17(15)19;/h2-8,11,20H,9-10,12-13H2,1H3;1H/p-1. The molecular weight excluding hydrogens is 405 g/mol. The van der Waals surface area contributed by atoms with E-state index in [4.69, 9.17) is 16.3 Å². The number of ether oxygens (including phenoxy) is 1. The fourth-order valence-corrected chi connectivity index (χ4v) is 3.25. The first kappa shape index (κ1) is 21.5. The highest BCUT2D eigenvalue weighted by atomic mass is 35.5. The van der Waals surface area contributed by atoms with Crippen molar-refractivity contribution in [1.29, 1.82) is 0 Å². The molecule has 0 spiro atoms. The summed E-state index contributed by atoms with van der Waals surface area (Å²) in [6, 6.07) is 15.8. The summed E-state index contributed by atoms with van der Waals surface area (Å²) in [6.45, 7) is 2.10. The Hall–Kier alpha value is -1.80. The highest BCUT2D eigenvalue weighted by Gasteiger charge is 2.03. The van der Waals surface area contributed by atoms with E-state index >= 15 is 0 Å². The average molecular weight is 425 g/mol. The zero-order valence-electron chi connectivity index (χ0n) is 14.8. The minimum absolute atomic E-state index is 0. The van der Waals surface area contributed by atoms with Crippen LogP contribution in [0.5, 0.6) is 5.75 Å². The van der Waals surface area contributed by atoms with Crippen LogP contribution in [-0.4, -0.2) is 32.5 Å². The van der Waals surface area contributed by atoms with Gasteiger partial charge in [0.05, 0.1) is 0 Å². The lowest BCUT2D eigenvalue weighted by molar-refractivity contribution is -0.00000579. The zero-order chi connectivity index (χ0) is 18.2. The van der Waals surface area contributed by atoms with Crippen molar-refractivity contribution in [2.24, 2.45) is 7.05 Å². The maximum absolute atomic E-state index is 6.16. The van der Waals surface area contributed by atoms with Crippen molar-refractivity contribution in [3.05, 3.63) is 64.7 Å². The van der Waals surface area contributed by atoms with E-state index in [9.17, 15) is 0 Å². The Morgan fingerprint density at radius 3 is 2.81 bits per heavy atom. The molecule has 0 amide bonds. The van der Waals surface area contributed by atoms with E-state index < -0.39 is 0 Å². The Kier molecular flexibility index (Phi) is 8.87. The van der Waals surface area contributed by atoms with Crippen molar-refractivity contribution in [3.63, 3.8) is 0 Å². The van der Waals surface area contributed by atoms with Gasteiger partial charge in [0.25, 0.3) is 0 Å². The molecule has 3 aromatic rings. The summed E-state index contributed by atoms with van der Waals surface area (Å²) in [5.74, 6) is 1.74. The minimum atomic E-state index is 0. The smallest absolute Gasteiger partial charge is 0.209 e. The summed E-state index contributed by atoms with van der Waals surface area (Å²) < 4.78 is 7.53. The van der Waals surface area contributed by atoms with Gasteiger partial charge in [-0.05, 0) is 34.2 Å². The van der Waals surface area contributed by atoms with Gasteiger partial charge in [0.1, 0.15) is 12.4 Å². The number of nitrogens with zero attached hydrogens (tertiary/aromatic N) is 4. The third-order valence-corrected chi connectivity index (χ3v) is 5.05. The Bertz CT molecular complexity index is 846. The number of aromatic nitrogens is 4. The monoisotopic (exact) mass is 424 g/mol. The number of aryl methyl sites for hydroxylation is 1. The number of hydrogen-bond donors (Lipinski definition) is 1. The molecule has 0 radical (unpaired) electrons. The van der Waals surface area contributed by atoms with Crippen LogP contribution in [0.15, 0.2) is 53.7 Å². The first-order valence-corrected chi connectivity index (χ1v) is 9.60. The lowest BCUT2D eigenvalue weighted by Gasteiger charge is -2.10. The summed E-state index contributed by atoms with van der Waals surface area (Å²) in [5, 5.41) is 16.3. The van der Waals surface area contributed by atoms with Gasteiger partial charge >= 0.3 is 0 Å². The lowest BCUT2D eigenvalue weighted by atomic mass is 10.2. The van der Waals surface area contributed by atoms with Gasteiger partial charge in [-0.3, -0.25) is 0 Å². The normalized spacial score (nSPS) is 10.4. The van der Waals surface area contributed by atoms with Gasteiger partial charge in [-0.25, -0.2) is 4.68 Å². The molecule has 0 aliphatic carbocycles. The average Bonchev–Trinajstić information content (AvgIpc) is 3.06. The van der Waals surface area contributed by atoms with E-state index in [-0.39, 0.29) is 12.4 Å². The van der Waals surface area contributed by atoms with E-state index in [1.54, 1.807) is 16.4 Å². The van der Waals surface area contributed by atoms with E-state index in [1.165, 1.54) is 5.56 Å². The molecule has 0 saturated heterocycles. The van der Waals surface area contributed by atoms with E-state index in [0.717, 1.165) is 40.3 Å². The predicted molar refractivity (Wildman–Crippen MR) is 103 cm³/mol. The summed E-state index contributed by atoms with van der Waals surface area (Å²) in [4.78, 5) is 0. The molecule has 1 heterocycles. The molecule has 0 fully saturated rings. The second-order valence-corrected chi connectivity index (χ2v) is 7.11. The molecule has 0 bridgehead atoms. The summed E-state index contributed by atoms with van der Waals surface area (Å²) in [6.07, 6.45) is 0. The third kappa shape index (κ3) is 6.70. The van der Waals surface area contributed by atoms with Crippen molar-refractivity contribution in [2.45, 2.75) is 18.3 Å². The van der Waals surface area contributed by atoms with Crippen LogP contribution in [0.25, 0.3) is 0 Å². The van der Waals surface area contributed by atoms with Crippen LogP contribution in [-0.2, 0) is 20.2 Å². The highest BCUT2D eigenvalue weighted by Crippen LogP contribution is 2.19. The molecular formula is C18H20Cl2N5OS-. The Morgan fingerprint density at radius 2 is 2.04 bits per heavy atom. The number of thioether (sulfide) groups is 1. The van der Waals surface area contributed by atoms with E-state index in [1.807, 2.05) is 49.5 Å². The maximum atomic E-state index is 6.16. The fraction of sp³-hybridized carbons (Fsp3) is 0.278. The molecule has 27 heavy (non-hydrogen) atoms. The Morgan fingerprint density at radius 1 is 1.19 bits per heavy atom. The molecule has 6 nitrogen and oxygen atoms in total. The van der Waals surface area contributed by atoms with Gasteiger partial charge in [0, 0.05) is 36.5 Å². The van der Waals surface area contributed by atoms with Gasteiger partial charge in [-0.15, -0.1) is 5.10 Å². The second-order valence-electron chi connectivity index (χ2n) is 5.64. The van der Waals surface area contributed by atoms with Crippen molar-refractivity contribution >= 4 is 23.4 Å². The minimum Gasteiger partial charge on any atom is -1.00 e. The van der Waals surface area contributed by atoms with Gasteiger partial charge in [0.2, 0.25) is 5.16 Å². The molecule has 1 N–H and O–H groups in total. The molecule has 0 atom stereocenters. The second kappa shape index (κ2) is 11.1. The van der Waals surface area contributed by atoms with Crippen LogP contribution in [0.2, 0.25) is 5.02 Å². The fourth-order valence-electron chi connectivity index (χ4n) is 2.31. The summed E-state index contributed by atoms with van der Waals surface area (Å²) in [7, 11) is 1.84. The third-order valence-electron chi connectivity index (χ3n) is 3.67. The Balaban J connectivity index is 0.00000261. The van der Waals surface area contributed by atoms with Gasteiger partial charge in [-0.1, -0.05) is 53.7 Å². The molecule has 0 saturated carbocycles. The van der Waals surface area contributed by atoms with Crippen LogP contribution < -0.4 is 22.5 Å². The quantitative estimate of drug-likeness (QED) is 0.394. The predicted octanol–water partition coefficient (Wildman–Crippen LogP) is 0.328. The first-order chi connectivity index (χ1) is 12.7. The number of rotatable bonds is 9. The summed E-state index contributed by atoms with van der Waals surface area (Å²) >= 11 is 7.79. The van der Waals surface area contributed by atoms with Gasteiger partial charge < -0.3 is 22.5 Å². The van der Waals surface area contributed by atoms with Crippen LogP contribution in [0.4, 0.5) is 0 Å². The lowest BCUT2D eigenvalue weighted by Crippen LogP contribution is -3.00. The largest absolute Gasteiger partial charge is 1.00 e. The molecule has 0 aliphatic heterocycles. The number of hydrogen-bond acceptors (Lipinski definition) is 6. The first-order valence-electron chi connectivity index (χ1n) is 8.23. The van der Waals surface area contributed by atoms with Crippen molar-refractivity contribution in [3.8, 4) is 5.75 Å². The zero-order valence-corrected chi connectivity index (χ0v) is 17.1. The molecule has 0 unspecified atom stereocenters. The number of halogens is 2. The molecule has 3 rings (SSSR count). The van der Waals surface area contributed by atoms with Gasteiger partial charge in [-0.2, -0.15) is 0 Å². The van der Waals surface area contributed by atoms with E-state index in [0.29, 0.717) is 6.61 Å². The molecule has 9 heteroatoms. The van der Waals surface area contributed by atoms with Crippen molar-refractivity contribution < 1.29 is 17.1 Å². The van der Waals surface area contributed by atoms with Crippen molar-refractivity contribution in [2.75, 3.05) is 12.3 Å². The van der Waals surface area contributed by atoms with Crippen LogP contribution >= 0.6 is 23.4 Å². The van der Waals surface area contributed by atoms with Crippen molar-refractivity contribution in [1.82, 2.24) is 25.5 Å².